The summed E-state index contributed by atoms with van der Waals surface area (Å²) in [7, 11) is 0. The van der Waals surface area contributed by atoms with E-state index >= 15 is 0 Å². The van der Waals surface area contributed by atoms with E-state index < -0.39 is 11.4 Å². The van der Waals surface area contributed by atoms with Crippen molar-refractivity contribution in [3.63, 3.8) is 0 Å². The number of rotatable bonds is 3. The highest BCUT2D eigenvalue weighted by atomic mass is 35.5. The molecule has 0 bridgehead atoms. The molecule has 1 aliphatic carbocycles. The minimum atomic E-state index is -0.750. The molecule has 0 aliphatic heterocycles. The number of aromatic nitrogens is 1. The molecule has 1 atom stereocenters. The summed E-state index contributed by atoms with van der Waals surface area (Å²) in [5.41, 5.74) is 2.06. The summed E-state index contributed by atoms with van der Waals surface area (Å²) in [5, 5.41) is 14.3. The smallest absolute Gasteiger partial charge is 0.310 e. The number of carboxylic acids is 1. The Kier molecular flexibility index (Phi) is 3.49. The molecule has 1 heterocycles. The lowest BCUT2D eigenvalue weighted by molar-refractivity contribution is -0.150. The van der Waals surface area contributed by atoms with Gasteiger partial charge in [-0.1, -0.05) is 35.8 Å². The maximum absolute atomic E-state index is 11.6. The van der Waals surface area contributed by atoms with Crippen LogP contribution in [0.5, 0.6) is 0 Å². The molecule has 5 heteroatoms. The maximum atomic E-state index is 11.6. The molecule has 1 aromatic carbocycles. The van der Waals surface area contributed by atoms with E-state index in [1.807, 2.05) is 31.2 Å². The molecule has 1 N–H and O–H groups in total. The lowest BCUT2D eigenvalue weighted by Gasteiger charge is -2.30. The number of nitrogens with zero attached hydrogens (tertiary/aromatic N) is 1. The Morgan fingerprint density at radius 3 is 2.76 bits per heavy atom. The number of fused-ring (bicyclic) bond motifs is 1. The summed E-state index contributed by atoms with van der Waals surface area (Å²) in [6.07, 6.45) is 2.30. The first-order valence-corrected chi connectivity index (χ1v) is 7.40. The molecule has 0 spiro atoms. The first-order chi connectivity index (χ1) is 10.1. The van der Waals surface area contributed by atoms with Gasteiger partial charge in [0.2, 0.25) is 0 Å². The third kappa shape index (κ3) is 2.33. The molecule has 1 aliphatic rings. The molecular weight excluding hydrogens is 290 g/mol. The van der Waals surface area contributed by atoms with Crippen LogP contribution in [-0.4, -0.2) is 16.2 Å². The van der Waals surface area contributed by atoms with Crippen LogP contribution in [-0.2, 0) is 17.6 Å². The summed E-state index contributed by atoms with van der Waals surface area (Å²) in [4.78, 5) is 11.6. The van der Waals surface area contributed by atoms with Crippen LogP contribution >= 0.6 is 11.6 Å². The van der Waals surface area contributed by atoms with E-state index in [1.165, 1.54) is 0 Å². The normalized spacial score (nSPS) is 21.0. The lowest BCUT2D eigenvalue weighted by atomic mass is 9.71. The van der Waals surface area contributed by atoms with Gasteiger partial charge >= 0.3 is 5.97 Å². The number of hydrogen-bond acceptors (Lipinski definition) is 3. The van der Waals surface area contributed by atoms with Crippen molar-refractivity contribution >= 4 is 17.6 Å². The van der Waals surface area contributed by atoms with E-state index in [1.54, 1.807) is 0 Å². The van der Waals surface area contributed by atoms with Gasteiger partial charge in [0.1, 0.15) is 11.5 Å². The highest BCUT2D eigenvalue weighted by Gasteiger charge is 2.42. The van der Waals surface area contributed by atoms with E-state index in [9.17, 15) is 9.90 Å². The van der Waals surface area contributed by atoms with Crippen molar-refractivity contribution in [2.24, 2.45) is 5.41 Å². The number of carbonyl (C=O) groups is 1. The zero-order chi connectivity index (χ0) is 15.0. The Morgan fingerprint density at radius 1 is 1.43 bits per heavy atom. The van der Waals surface area contributed by atoms with Crippen molar-refractivity contribution in [2.75, 3.05) is 0 Å². The Bertz CT molecular complexity index is 677. The maximum Gasteiger partial charge on any atom is 0.310 e. The predicted octanol–water partition coefficient (Wildman–Crippen LogP) is 3.96. The second-order valence-corrected chi connectivity index (χ2v) is 5.99. The van der Waals surface area contributed by atoms with Crippen molar-refractivity contribution in [3.8, 4) is 11.3 Å². The number of aliphatic carboxylic acids is 1. The van der Waals surface area contributed by atoms with Crippen LogP contribution in [0.3, 0.4) is 0 Å². The van der Waals surface area contributed by atoms with Crippen LogP contribution in [0.25, 0.3) is 11.3 Å². The quantitative estimate of drug-likeness (QED) is 0.932. The first-order valence-electron chi connectivity index (χ1n) is 7.02. The van der Waals surface area contributed by atoms with Crippen molar-refractivity contribution in [2.45, 2.75) is 32.6 Å². The highest BCUT2D eigenvalue weighted by molar-refractivity contribution is 6.30. The Labute approximate surface area is 127 Å². The van der Waals surface area contributed by atoms with Crippen LogP contribution < -0.4 is 0 Å². The van der Waals surface area contributed by atoms with Gasteiger partial charge in [-0.25, -0.2) is 0 Å². The molecule has 0 saturated heterocycles. The van der Waals surface area contributed by atoms with E-state index in [-0.39, 0.29) is 0 Å². The van der Waals surface area contributed by atoms with Gasteiger partial charge in [0.15, 0.2) is 0 Å². The first kappa shape index (κ1) is 14.1. The minimum absolute atomic E-state index is 0.411. The molecule has 4 nitrogen and oxygen atoms in total. The third-order valence-electron chi connectivity index (χ3n) is 4.47. The number of halogens is 1. The molecule has 110 valence electrons. The zero-order valence-electron chi connectivity index (χ0n) is 11.7. The van der Waals surface area contributed by atoms with Gasteiger partial charge in [-0.3, -0.25) is 4.79 Å². The average Bonchev–Trinajstić information content (AvgIpc) is 2.90. The molecular formula is C16H16ClNO3. The molecule has 3 rings (SSSR count). The van der Waals surface area contributed by atoms with Gasteiger partial charge < -0.3 is 9.63 Å². The molecule has 2 aromatic rings. The van der Waals surface area contributed by atoms with E-state index in [0.717, 1.165) is 16.8 Å². The van der Waals surface area contributed by atoms with Gasteiger partial charge in [-0.2, -0.15) is 0 Å². The van der Waals surface area contributed by atoms with Gasteiger partial charge in [-0.15, -0.1) is 0 Å². The third-order valence-corrected chi connectivity index (χ3v) is 4.72. The minimum Gasteiger partial charge on any atom is -0.481 e. The summed E-state index contributed by atoms with van der Waals surface area (Å²) >= 11 is 5.90. The van der Waals surface area contributed by atoms with Crippen LogP contribution in [0, 0.1) is 5.41 Å². The standard InChI is InChI=1S/C16H16ClNO3/c1-2-16(15(19)20)8-7-12-13(9-16)21-18-14(12)10-3-5-11(17)6-4-10/h3-6H,2,7-9H2,1H3,(H,19,20). The number of carboxylic acid groups (broad SMARTS) is 1. The van der Waals surface area contributed by atoms with Crippen molar-refractivity contribution in [3.05, 3.63) is 40.6 Å². The molecule has 1 unspecified atom stereocenters. The van der Waals surface area contributed by atoms with Crippen molar-refractivity contribution in [1.82, 2.24) is 5.16 Å². The van der Waals surface area contributed by atoms with Crippen LogP contribution in [0.4, 0.5) is 0 Å². The molecule has 0 amide bonds. The van der Waals surface area contributed by atoms with Crippen LogP contribution in [0.15, 0.2) is 28.8 Å². The fourth-order valence-electron chi connectivity index (χ4n) is 2.97. The van der Waals surface area contributed by atoms with Crippen molar-refractivity contribution < 1.29 is 14.4 Å². The van der Waals surface area contributed by atoms with Gasteiger partial charge in [-0.05, 0) is 31.4 Å². The number of hydrogen-bond donors (Lipinski definition) is 1. The fourth-order valence-corrected chi connectivity index (χ4v) is 3.10. The summed E-state index contributed by atoms with van der Waals surface area (Å²) in [6, 6.07) is 7.43. The zero-order valence-corrected chi connectivity index (χ0v) is 12.5. The average molecular weight is 306 g/mol. The molecule has 1 aromatic heterocycles. The molecule has 0 radical (unpaired) electrons. The lowest BCUT2D eigenvalue weighted by Crippen LogP contribution is -2.36. The van der Waals surface area contributed by atoms with Gasteiger partial charge in [0, 0.05) is 22.6 Å². The van der Waals surface area contributed by atoms with Gasteiger partial charge in [0.25, 0.3) is 0 Å². The fraction of sp³-hybridized carbons (Fsp3) is 0.375. The largest absolute Gasteiger partial charge is 0.481 e. The Hall–Kier alpha value is -1.81. The second-order valence-electron chi connectivity index (χ2n) is 5.56. The van der Waals surface area contributed by atoms with Crippen LogP contribution in [0.1, 0.15) is 31.1 Å². The van der Waals surface area contributed by atoms with Crippen molar-refractivity contribution in [1.29, 1.82) is 0 Å². The van der Waals surface area contributed by atoms with E-state index in [0.29, 0.717) is 36.5 Å². The SMILES string of the molecule is CCC1(C(=O)O)CCc2c(-c3ccc(Cl)cc3)noc2C1. The molecule has 0 saturated carbocycles. The predicted molar refractivity (Wildman–Crippen MR) is 79.3 cm³/mol. The van der Waals surface area contributed by atoms with E-state index in [4.69, 9.17) is 16.1 Å². The summed E-state index contributed by atoms with van der Waals surface area (Å²) in [6.45, 7) is 1.91. The Morgan fingerprint density at radius 2 is 2.14 bits per heavy atom. The van der Waals surface area contributed by atoms with Crippen LogP contribution in [0.2, 0.25) is 5.02 Å². The highest BCUT2D eigenvalue weighted by Crippen LogP contribution is 2.41. The monoisotopic (exact) mass is 305 g/mol. The molecule has 0 fully saturated rings. The Balaban J connectivity index is 1.97. The molecule has 21 heavy (non-hydrogen) atoms. The number of benzene rings is 1. The van der Waals surface area contributed by atoms with Gasteiger partial charge in [0.05, 0.1) is 5.41 Å². The summed E-state index contributed by atoms with van der Waals surface area (Å²) < 4.78 is 5.43. The van der Waals surface area contributed by atoms with E-state index in [2.05, 4.69) is 5.16 Å². The summed E-state index contributed by atoms with van der Waals surface area (Å²) in [5.74, 6) is -0.0458. The topological polar surface area (TPSA) is 63.3 Å². The second kappa shape index (κ2) is 5.19.